The molecule has 5 N–H and O–H groups in total. The van der Waals surface area contributed by atoms with Crippen LogP contribution in [0, 0.1) is 6.92 Å². The number of pyridine rings is 1. The Kier molecular flexibility index (Phi) is 9.22. The Hall–Kier alpha value is -3.87. The Morgan fingerprint density at radius 2 is 1.81 bits per heavy atom. The summed E-state index contributed by atoms with van der Waals surface area (Å²) in [5.41, 5.74) is 11.0. The Labute approximate surface area is 189 Å². The molecule has 1 aromatic heterocycles. The van der Waals surface area contributed by atoms with Gasteiger partial charge in [-0.2, -0.15) is 0 Å². The van der Waals surface area contributed by atoms with Crippen molar-refractivity contribution in [2.75, 3.05) is 24.1 Å². The number of nitrogens with one attached hydrogen (secondary N) is 3. The fourth-order valence-electron chi connectivity index (χ4n) is 2.80. The topological polar surface area (TPSA) is 109 Å². The van der Waals surface area contributed by atoms with Crippen LogP contribution in [0.1, 0.15) is 36.7 Å². The molecule has 0 fully saturated rings. The van der Waals surface area contributed by atoms with Crippen molar-refractivity contribution in [3.63, 3.8) is 0 Å². The van der Waals surface area contributed by atoms with E-state index in [1.165, 1.54) is 6.20 Å². The monoisotopic (exact) mass is 433 g/mol. The zero-order valence-electron chi connectivity index (χ0n) is 19.0. The standard InChI is InChI=1S/C25H31N5O2/c1-17(2)14-20(25(32)30-23-10-7-18(3)15-22(23)26)9-8-19(4)28-12-13-29-24(31)21-6-5-11-27-16-21/h5-11,14-16,28H,12-13,26H2,1-4H3,(H,29,31)(H,30,32)/b19-8+,20-9+. The maximum atomic E-state index is 12.8. The van der Waals surface area contributed by atoms with E-state index in [9.17, 15) is 9.59 Å². The number of nitrogens with zero attached hydrogens (tertiary/aromatic N) is 1. The molecule has 32 heavy (non-hydrogen) atoms. The van der Waals surface area contributed by atoms with Gasteiger partial charge in [0, 0.05) is 36.8 Å². The highest BCUT2D eigenvalue weighted by molar-refractivity contribution is 6.07. The van der Waals surface area contributed by atoms with Crippen molar-refractivity contribution in [3.8, 4) is 0 Å². The maximum Gasteiger partial charge on any atom is 0.255 e. The summed E-state index contributed by atoms with van der Waals surface area (Å²) in [6.07, 6.45) is 8.55. The molecule has 1 heterocycles. The van der Waals surface area contributed by atoms with Gasteiger partial charge in [0.25, 0.3) is 11.8 Å². The van der Waals surface area contributed by atoms with Crippen LogP contribution in [0.3, 0.4) is 0 Å². The van der Waals surface area contributed by atoms with E-state index >= 15 is 0 Å². The summed E-state index contributed by atoms with van der Waals surface area (Å²) in [6, 6.07) is 8.95. The number of aromatic nitrogens is 1. The summed E-state index contributed by atoms with van der Waals surface area (Å²) < 4.78 is 0. The number of carbonyl (C=O) groups is 2. The number of aryl methyl sites for hydroxylation is 1. The van der Waals surface area contributed by atoms with Crippen LogP contribution in [0.15, 0.2) is 77.8 Å². The summed E-state index contributed by atoms with van der Waals surface area (Å²) >= 11 is 0. The van der Waals surface area contributed by atoms with E-state index in [0.717, 1.165) is 16.8 Å². The SMILES string of the molecule is CC(C)=C/C(=C\C=C(/C)NCCNC(=O)c1cccnc1)C(=O)Nc1ccc(C)cc1N. The van der Waals surface area contributed by atoms with E-state index in [2.05, 4.69) is 20.9 Å². The molecule has 0 spiro atoms. The molecule has 2 aromatic rings. The zero-order chi connectivity index (χ0) is 23.5. The van der Waals surface area contributed by atoms with Gasteiger partial charge in [-0.15, -0.1) is 0 Å². The van der Waals surface area contributed by atoms with Crippen LogP contribution in [0.4, 0.5) is 11.4 Å². The van der Waals surface area contributed by atoms with Crippen molar-refractivity contribution in [1.29, 1.82) is 0 Å². The van der Waals surface area contributed by atoms with Crippen LogP contribution >= 0.6 is 0 Å². The molecule has 0 saturated heterocycles. The van der Waals surface area contributed by atoms with Gasteiger partial charge in [0.15, 0.2) is 0 Å². The molecule has 0 aliphatic heterocycles. The molecule has 168 valence electrons. The number of amides is 2. The third kappa shape index (κ3) is 8.10. The predicted octanol–water partition coefficient (Wildman–Crippen LogP) is 3.73. The van der Waals surface area contributed by atoms with Crippen molar-refractivity contribution < 1.29 is 9.59 Å². The van der Waals surface area contributed by atoms with E-state index in [-0.39, 0.29) is 11.8 Å². The molecule has 0 aliphatic rings. The lowest BCUT2D eigenvalue weighted by atomic mass is 10.1. The van der Waals surface area contributed by atoms with E-state index in [4.69, 9.17) is 5.73 Å². The van der Waals surface area contributed by atoms with Gasteiger partial charge in [-0.3, -0.25) is 14.6 Å². The molecule has 7 heteroatoms. The van der Waals surface area contributed by atoms with Gasteiger partial charge in [0.1, 0.15) is 0 Å². The second kappa shape index (κ2) is 12.1. The molecule has 0 atom stereocenters. The van der Waals surface area contributed by atoms with Crippen LogP contribution in [-0.2, 0) is 4.79 Å². The second-order valence-electron chi connectivity index (χ2n) is 7.66. The van der Waals surface area contributed by atoms with E-state index in [1.807, 2.05) is 52.0 Å². The molecule has 1 aromatic carbocycles. The highest BCUT2D eigenvalue weighted by atomic mass is 16.2. The van der Waals surface area contributed by atoms with Gasteiger partial charge in [0.05, 0.1) is 16.9 Å². The fourth-order valence-corrected chi connectivity index (χ4v) is 2.80. The minimum absolute atomic E-state index is 0.167. The summed E-state index contributed by atoms with van der Waals surface area (Å²) in [6.45, 7) is 8.71. The van der Waals surface area contributed by atoms with Crippen molar-refractivity contribution >= 4 is 23.2 Å². The first-order valence-corrected chi connectivity index (χ1v) is 10.4. The van der Waals surface area contributed by atoms with Crippen molar-refractivity contribution in [2.45, 2.75) is 27.7 Å². The number of hydrogen-bond donors (Lipinski definition) is 4. The second-order valence-corrected chi connectivity index (χ2v) is 7.66. The highest BCUT2D eigenvalue weighted by Gasteiger charge is 2.09. The third-order valence-electron chi connectivity index (χ3n) is 4.41. The van der Waals surface area contributed by atoms with E-state index in [1.54, 1.807) is 30.5 Å². The summed E-state index contributed by atoms with van der Waals surface area (Å²) in [5.74, 6) is -0.408. The largest absolute Gasteiger partial charge is 0.397 e. The molecule has 2 rings (SSSR count). The van der Waals surface area contributed by atoms with Crippen LogP contribution < -0.4 is 21.7 Å². The number of nitrogens with two attached hydrogens (primary N) is 1. The van der Waals surface area contributed by atoms with E-state index in [0.29, 0.717) is 35.6 Å². The molecule has 0 unspecified atom stereocenters. The van der Waals surface area contributed by atoms with Crippen LogP contribution in [0.2, 0.25) is 0 Å². The highest BCUT2D eigenvalue weighted by Crippen LogP contribution is 2.20. The van der Waals surface area contributed by atoms with Gasteiger partial charge in [0.2, 0.25) is 0 Å². The van der Waals surface area contributed by atoms with Gasteiger partial charge in [-0.25, -0.2) is 0 Å². The Bertz CT molecular complexity index is 1040. The number of benzene rings is 1. The van der Waals surface area contributed by atoms with Gasteiger partial charge >= 0.3 is 0 Å². The average Bonchev–Trinajstić information content (AvgIpc) is 2.76. The van der Waals surface area contributed by atoms with Crippen LogP contribution in [0.5, 0.6) is 0 Å². The van der Waals surface area contributed by atoms with Crippen molar-refractivity contribution in [1.82, 2.24) is 15.6 Å². The quantitative estimate of drug-likeness (QED) is 0.209. The van der Waals surface area contributed by atoms with Gasteiger partial charge in [-0.1, -0.05) is 17.7 Å². The number of nitrogen functional groups attached to an aromatic ring is 1. The molecular formula is C25H31N5O2. The van der Waals surface area contributed by atoms with E-state index < -0.39 is 0 Å². The number of anilines is 2. The fraction of sp³-hybridized carbons (Fsp3) is 0.240. The lowest BCUT2D eigenvalue weighted by Gasteiger charge is -2.10. The Balaban J connectivity index is 1.95. The predicted molar refractivity (Wildman–Crippen MR) is 130 cm³/mol. The number of rotatable bonds is 9. The van der Waals surface area contributed by atoms with Crippen molar-refractivity contribution in [3.05, 3.63) is 88.9 Å². The Morgan fingerprint density at radius 3 is 2.47 bits per heavy atom. The molecule has 2 amide bonds. The summed E-state index contributed by atoms with van der Waals surface area (Å²) in [7, 11) is 0. The minimum atomic E-state index is -0.241. The summed E-state index contributed by atoms with van der Waals surface area (Å²) in [5, 5.41) is 8.91. The van der Waals surface area contributed by atoms with Gasteiger partial charge in [-0.05, 0) is 69.7 Å². The Morgan fingerprint density at radius 1 is 1.06 bits per heavy atom. The minimum Gasteiger partial charge on any atom is -0.397 e. The smallest absolute Gasteiger partial charge is 0.255 e. The number of hydrogen-bond acceptors (Lipinski definition) is 5. The first-order chi connectivity index (χ1) is 15.3. The molecule has 0 aliphatic carbocycles. The number of carbonyl (C=O) groups excluding carboxylic acids is 2. The van der Waals surface area contributed by atoms with Crippen molar-refractivity contribution in [2.24, 2.45) is 0 Å². The lowest BCUT2D eigenvalue weighted by Crippen LogP contribution is -2.31. The molecule has 0 radical (unpaired) electrons. The molecule has 0 bridgehead atoms. The summed E-state index contributed by atoms with van der Waals surface area (Å²) in [4.78, 5) is 28.7. The molecular weight excluding hydrogens is 402 g/mol. The number of allylic oxidation sites excluding steroid dienone is 4. The average molecular weight is 434 g/mol. The lowest BCUT2D eigenvalue weighted by molar-refractivity contribution is -0.112. The normalized spacial score (nSPS) is 11.5. The zero-order valence-corrected chi connectivity index (χ0v) is 19.0. The van der Waals surface area contributed by atoms with Crippen LogP contribution in [-0.4, -0.2) is 29.9 Å². The van der Waals surface area contributed by atoms with Gasteiger partial charge < -0.3 is 21.7 Å². The maximum absolute atomic E-state index is 12.8. The first kappa shape index (κ1) is 24.4. The molecule has 0 saturated carbocycles. The molecule has 7 nitrogen and oxygen atoms in total. The third-order valence-corrected chi connectivity index (χ3v) is 4.41. The van der Waals surface area contributed by atoms with Crippen LogP contribution in [0.25, 0.3) is 0 Å². The first-order valence-electron chi connectivity index (χ1n) is 10.4.